The van der Waals surface area contributed by atoms with Crippen LogP contribution in [0.25, 0.3) is 0 Å². The SMILES string of the molecule is CCCCN(Cc1ccc(N)cc1)C(=O)O. The van der Waals surface area contributed by atoms with E-state index >= 15 is 0 Å². The van der Waals surface area contributed by atoms with Crippen molar-refractivity contribution in [2.75, 3.05) is 12.3 Å². The molecule has 0 aliphatic heterocycles. The Labute approximate surface area is 95.7 Å². The highest BCUT2D eigenvalue weighted by atomic mass is 16.4. The number of rotatable bonds is 5. The van der Waals surface area contributed by atoms with Gasteiger partial charge in [-0.15, -0.1) is 0 Å². The molecule has 16 heavy (non-hydrogen) atoms. The average Bonchev–Trinajstić information content (AvgIpc) is 2.26. The molecule has 0 atom stereocenters. The molecule has 0 saturated heterocycles. The van der Waals surface area contributed by atoms with Gasteiger partial charge in [0.05, 0.1) is 0 Å². The number of anilines is 1. The van der Waals surface area contributed by atoms with Gasteiger partial charge in [0, 0.05) is 18.8 Å². The number of unbranched alkanes of at least 4 members (excludes halogenated alkanes) is 1. The minimum atomic E-state index is -0.870. The molecule has 0 heterocycles. The molecule has 0 bridgehead atoms. The van der Waals surface area contributed by atoms with E-state index in [-0.39, 0.29) is 0 Å². The van der Waals surface area contributed by atoms with Crippen LogP contribution in [0.15, 0.2) is 24.3 Å². The maximum Gasteiger partial charge on any atom is 0.407 e. The van der Waals surface area contributed by atoms with Gasteiger partial charge in [0.2, 0.25) is 0 Å². The van der Waals surface area contributed by atoms with Gasteiger partial charge in [0.15, 0.2) is 0 Å². The van der Waals surface area contributed by atoms with E-state index in [1.807, 2.05) is 19.1 Å². The van der Waals surface area contributed by atoms with Gasteiger partial charge in [0.25, 0.3) is 0 Å². The number of nitrogen functional groups attached to an aromatic ring is 1. The Morgan fingerprint density at radius 1 is 1.38 bits per heavy atom. The molecule has 0 aliphatic carbocycles. The molecule has 0 fully saturated rings. The first-order valence-corrected chi connectivity index (χ1v) is 5.45. The third-order valence-corrected chi connectivity index (χ3v) is 2.41. The zero-order valence-electron chi connectivity index (χ0n) is 9.52. The second kappa shape index (κ2) is 6.00. The largest absolute Gasteiger partial charge is 0.465 e. The fourth-order valence-corrected chi connectivity index (χ4v) is 1.43. The summed E-state index contributed by atoms with van der Waals surface area (Å²) in [6, 6.07) is 7.29. The lowest BCUT2D eigenvalue weighted by Gasteiger charge is -2.18. The maximum atomic E-state index is 11.0. The fourth-order valence-electron chi connectivity index (χ4n) is 1.43. The minimum Gasteiger partial charge on any atom is -0.465 e. The summed E-state index contributed by atoms with van der Waals surface area (Å²) in [6.07, 6.45) is 1.01. The van der Waals surface area contributed by atoms with E-state index in [1.54, 1.807) is 12.1 Å². The topological polar surface area (TPSA) is 66.6 Å². The van der Waals surface area contributed by atoms with Crippen molar-refractivity contribution in [2.45, 2.75) is 26.3 Å². The Kier molecular flexibility index (Phi) is 4.64. The summed E-state index contributed by atoms with van der Waals surface area (Å²) >= 11 is 0. The summed E-state index contributed by atoms with van der Waals surface area (Å²) in [5.41, 5.74) is 7.23. The van der Waals surface area contributed by atoms with Gasteiger partial charge >= 0.3 is 6.09 Å². The predicted molar refractivity (Wildman–Crippen MR) is 64.2 cm³/mol. The van der Waals surface area contributed by atoms with Crippen LogP contribution >= 0.6 is 0 Å². The number of carboxylic acid groups (broad SMARTS) is 1. The molecule has 4 heteroatoms. The minimum absolute atomic E-state index is 0.426. The van der Waals surface area contributed by atoms with Crippen LogP contribution in [-0.4, -0.2) is 22.6 Å². The zero-order chi connectivity index (χ0) is 12.0. The van der Waals surface area contributed by atoms with Crippen LogP contribution in [-0.2, 0) is 6.54 Å². The number of amides is 1. The molecule has 1 aromatic rings. The maximum absolute atomic E-state index is 11.0. The summed E-state index contributed by atoms with van der Waals surface area (Å²) in [7, 11) is 0. The van der Waals surface area contributed by atoms with Crippen molar-refractivity contribution >= 4 is 11.8 Å². The molecular formula is C12H18N2O2. The molecule has 88 valence electrons. The van der Waals surface area contributed by atoms with E-state index in [1.165, 1.54) is 4.90 Å². The molecule has 3 N–H and O–H groups in total. The number of nitrogens with zero attached hydrogens (tertiary/aromatic N) is 1. The first kappa shape index (κ1) is 12.4. The first-order valence-electron chi connectivity index (χ1n) is 5.45. The summed E-state index contributed by atoms with van der Waals surface area (Å²) < 4.78 is 0. The molecule has 0 aromatic heterocycles. The summed E-state index contributed by atoms with van der Waals surface area (Å²) in [5.74, 6) is 0. The number of hydrogen-bond donors (Lipinski definition) is 2. The van der Waals surface area contributed by atoms with E-state index in [9.17, 15) is 4.79 Å². The van der Waals surface area contributed by atoms with Gasteiger partial charge in [-0.3, -0.25) is 0 Å². The van der Waals surface area contributed by atoms with Crippen molar-refractivity contribution in [3.63, 3.8) is 0 Å². The van der Waals surface area contributed by atoms with Crippen molar-refractivity contribution in [1.29, 1.82) is 0 Å². The van der Waals surface area contributed by atoms with Crippen molar-refractivity contribution in [1.82, 2.24) is 4.90 Å². The summed E-state index contributed by atoms with van der Waals surface area (Å²) in [5, 5.41) is 9.02. The molecule has 4 nitrogen and oxygen atoms in total. The van der Waals surface area contributed by atoms with Gasteiger partial charge in [-0.05, 0) is 24.1 Å². The predicted octanol–water partition coefficient (Wildman–Crippen LogP) is 2.55. The standard InChI is InChI=1S/C12H18N2O2/c1-2-3-8-14(12(15)16)9-10-4-6-11(13)7-5-10/h4-7H,2-3,8-9,13H2,1H3,(H,15,16). The molecule has 0 aliphatic rings. The van der Waals surface area contributed by atoms with Gasteiger partial charge in [0.1, 0.15) is 0 Å². The van der Waals surface area contributed by atoms with Gasteiger partial charge in [-0.2, -0.15) is 0 Å². The quantitative estimate of drug-likeness (QED) is 0.752. The van der Waals surface area contributed by atoms with E-state index in [0.29, 0.717) is 18.8 Å². The Morgan fingerprint density at radius 3 is 2.50 bits per heavy atom. The highest BCUT2D eigenvalue weighted by molar-refractivity contribution is 5.65. The molecule has 0 spiro atoms. The summed E-state index contributed by atoms with van der Waals surface area (Å²) in [6.45, 7) is 3.05. The van der Waals surface area contributed by atoms with Crippen LogP contribution in [0.3, 0.4) is 0 Å². The van der Waals surface area contributed by atoms with Crippen molar-refractivity contribution in [2.24, 2.45) is 0 Å². The van der Waals surface area contributed by atoms with Gasteiger partial charge in [-0.25, -0.2) is 4.79 Å². The van der Waals surface area contributed by atoms with Crippen LogP contribution in [0.1, 0.15) is 25.3 Å². The normalized spacial score (nSPS) is 10.1. The van der Waals surface area contributed by atoms with Crippen LogP contribution in [0.4, 0.5) is 10.5 Å². The Hall–Kier alpha value is -1.71. The van der Waals surface area contributed by atoms with E-state index < -0.39 is 6.09 Å². The Bertz CT molecular complexity index is 335. The van der Waals surface area contributed by atoms with E-state index in [4.69, 9.17) is 10.8 Å². The molecule has 1 amide bonds. The number of benzene rings is 1. The fraction of sp³-hybridized carbons (Fsp3) is 0.417. The second-order valence-electron chi connectivity index (χ2n) is 3.80. The van der Waals surface area contributed by atoms with E-state index in [0.717, 1.165) is 18.4 Å². The second-order valence-corrected chi connectivity index (χ2v) is 3.80. The monoisotopic (exact) mass is 222 g/mol. The lowest BCUT2D eigenvalue weighted by Crippen LogP contribution is -2.29. The third-order valence-electron chi connectivity index (χ3n) is 2.41. The van der Waals surface area contributed by atoms with Gasteiger partial charge in [-0.1, -0.05) is 25.5 Å². The van der Waals surface area contributed by atoms with Crippen molar-refractivity contribution in [3.05, 3.63) is 29.8 Å². The molecule has 1 aromatic carbocycles. The summed E-state index contributed by atoms with van der Waals surface area (Å²) in [4.78, 5) is 12.4. The number of hydrogen-bond acceptors (Lipinski definition) is 2. The first-order chi connectivity index (χ1) is 7.63. The lowest BCUT2D eigenvalue weighted by atomic mass is 10.2. The van der Waals surface area contributed by atoms with Crippen LogP contribution in [0.5, 0.6) is 0 Å². The van der Waals surface area contributed by atoms with E-state index in [2.05, 4.69) is 0 Å². The van der Waals surface area contributed by atoms with Crippen LogP contribution in [0, 0.1) is 0 Å². The smallest absolute Gasteiger partial charge is 0.407 e. The molecular weight excluding hydrogens is 204 g/mol. The van der Waals surface area contributed by atoms with Crippen LogP contribution in [0.2, 0.25) is 0 Å². The molecule has 0 saturated carbocycles. The molecule has 0 unspecified atom stereocenters. The number of carbonyl (C=O) groups is 1. The van der Waals surface area contributed by atoms with Crippen LogP contribution < -0.4 is 5.73 Å². The molecule has 0 radical (unpaired) electrons. The third kappa shape index (κ3) is 3.81. The highest BCUT2D eigenvalue weighted by Gasteiger charge is 2.10. The number of nitrogens with two attached hydrogens (primary N) is 1. The Balaban J connectivity index is 2.60. The zero-order valence-corrected chi connectivity index (χ0v) is 9.52. The van der Waals surface area contributed by atoms with Crippen molar-refractivity contribution < 1.29 is 9.90 Å². The lowest BCUT2D eigenvalue weighted by molar-refractivity contribution is 0.141. The average molecular weight is 222 g/mol. The highest BCUT2D eigenvalue weighted by Crippen LogP contribution is 2.09. The molecule has 1 rings (SSSR count). The Morgan fingerprint density at radius 2 is 2.00 bits per heavy atom. The van der Waals surface area contributed by atoms with Gasteiger partial charge < -0.3 is 15.7 Å². The van der Waals surface area contributed by atoms with Crippen molar-refractivity contribution in [3.8, 4) is 0 Å².